The van der Waals surface area contributed by atoms with Gasteiger partial charge in [-0.1, -0.05) is 0 Å². The minimum Gasteiger partial charge on any atom is -0.494 e. The Hall–Kier alpha value is -1.64. The molecule has 1 atom stereocenters. The van der Waals surface area contributed by atoms with Crippen molar-refractivity contribution in [1.29, 1.82) is 0 Å². The zero-order valence-electron chi connectivity index (χ0n) is 16.4. The molecule has 1 aliphatic heterocycles. The van der Waals surface area contributed by atoms with Gasteiger partial charge in [0.25, 0.3) is 0 Å². The lowest BCUT2D eigenvalue weighted by Gasteiger charge is -2.31. The Balaban J connectivity index is 2.05. The molecule has 1 heterocycles. The van der Waals surface area contributed by atoms with Crippen LogP contribution in [0.2, 0.25) is 0 Å². The van der Waals surface area contributed by atoms with Crippen molar-refractivity contribution in [3.8, 4) is 5.75 Å². The molecule has 0 bridgehead atoms. The van der Waals surface area contributed by atoms with E-state index in [9.17, 15) is 13.2 Å². The molecule has 7 nitrogen and oxygen atoms in total. The highest BCUT2D eigenvalue weighted by molar-refractivity contribution is 7.89. The van der Waals surface area contributed by atoms with Crippen LogP contribution in [0.4, 0.5) is 0 Å². The molecule has 152 valence electrons. The molecule has 1 amide bonds. The molecule has 0 aromatic heterocycles. The highest BCUT2D eigenvalue weighted by Crippen LogP contribution is 2.27. The van der Waals surface area contributed by atoms with E-state index in [1.807, 2.05) is 13.8 Å². The maximum atomic E-state index is 13.0. The van der Waals surface area contributed by atoms with Crippen LogP contribution in [0.15, 0.2) is 23.1 Å². The van der Waals surface area contributed by atoms with Gasteiger partial charge in [-0.25, -0.2) is 8.42 Å². The van der Waals surface area contributed by atoms with Crippen LogP contribution in [0.3, 0.4) is 0 Å². The summed E-state index contributed by atoms with van der Waals surface area (Å²) in [6.07, 6.45) is 2.11. The van der Waals surface area contributed by atoms with Crippen LogP contribution in [-0.4, -0.2) is 58.6 Å². The predicted molar refractivity (Wildman–Crippen MR) is 103 cm³/mol. The molecule has 0 saturated carbocycles. The number of ether oxygens (including phenoxy) is 2. The van der Waals surface area contributed by atoms with E-state index >= 15 is 0 Å². The number of methoxy groups -OCH3 is 1. The molecule has 1 fully saturated rings. The number of rotatable bonds is 9. The lowest BCUT2D eigenvalue weighted by Crippen LogP contribution is -2.45. The molecule has 0 unspecified atom stereocenters. The smallest absolute Gasteiger partial charge is 0.243 e. The van der Waals surface area contributed by atoms with E-state index in [-0.39, 0.29) is 23.3 Å². The number of hydrogen-bond donors (Lipinski definition) is 1. The zero-order chi connectivity index (χ0) is 19.9. The minimum absolute atomic E-state index is 0.0890. The molecule has 0 aliphatic carbocycles. The first kappa shape index (κ1) is 21.7. The second-order valence-corrected chi connectivity index (χ2v) is 8.64. The van der Waals surface area contributed by atoms with E-state index in [0.717, 1.165) is 12.0 Å². The number of nitrogens with zero attached hydrogens (tertiary/aromatic N) is 1. The first-order chi connectivity index (χ1) is 12.9. The van der Waals surface area contributed by atoms with Crippen molar-refractivity contribution in [3.05, 3.63) is 23.8 Å². The molecule has 2 rings (SSSR count). The van der Waals surface area contributed by atoms with Crippen LogP contribution < -0.4 is 10.1 Å². The summed E-state index contributed by atoms with van der Waals surface area (Å²) < 4.78 is 37.9. The molecule has 1 aromatic rings. The van der Waals surface area contributed by atoms with Gasteiger partial charge in [-0.3, -0.25) is 4.79 Å². The third-order valence-corrected chi connectivity index (χ3v) is 6.52. The number of aryl methyl sites for hydroxylation is 1. The van der Waals surface area contributed by atoms with Crippen molar-refractivity contribution < 1.29 is 22.7 Å². The minimum atomic E-state index is -3.63. The Morgan fingerprint density at radius 1 is 1.37 bits per heavy atom. The molecule has 0 radical (unpaired) electrons. The largest absolute Gasteiger partial charge is 0.494 e. The maximum Gasteiger partial charge on any atom is 0.243 e. The second-order valence-electron chi connectivity index (χ2n) is 6.70. The summed E-state index contributed by atoms with van der Waals surface area (Å²) in [4.78, 5) is 12.6. The van der Waals surface area contributed by atoms with Gasteiger partial charge in [0.05, 0.1) is 17.4 Å². The van der Waals surface area contributed by atoms with Gasteiger partial charge in [0.1, 0.15) is 5.75 Å². The molecule has 1 aromatic carbocycles. The Morgan fingerprint density at radius 3 is 2.81 bits per heavy atom. The summed E-state index contributed by atoms with van der Waals surface area (Å²) in [6.45, 7) is 6.01. The molecule has 27 heavy (non-hydrogen) atoms. The monoisotopic (exact) mass is 398 g/mol. The average Bonchev–Trinajstić information content (AvgIpc) is 2.67. The van der Waals surface area contributed by atoms with Crippen molar-refractivity contribution in [3.63, 3.8) is 0 Å². The number of hydrogen-bond acceptors (Lipinski definition) is 5. The normalized spacial score (nSPS) is 18.3. The van der Waals surface area contributed by atoms with E-state index in [1.165, 1.54) is 4.31 Å². The molecule has 1 aliphatic rings. The van der Waals surface area contributed by atoms with Crippen molar-refractivity contribution in [1.82, 2.24) is 9.62 Å². The van der Waals surface area contributed by atoms with Gasteiger partial charge in [-0.15, -0.1) is 0 Å². The number of amides is 1. The van der Waals surface area contributed by atoms with Crippen LogP contribution >= 0.6 is 0 Å². The van der Waals surface area contributed by atoms with Gasteiger partial charge in [0, 0.05) is 33.4 Å². The van der Waals surface area contributed by atoms with Crippen LogP contribution in [0, 0.1) is 12.8 Å². The number of carbonyl (C=O) groups excluding carboxylic acids is 1. The van der Waals surface area contributed by atoms with Gasteiger partial charge in [0.2, 0.25) is 15.9 Å². The Kier molecular flexibility index (Phi) is 8.07. The fraction of sp³-hybridized carbons (Fsp3) is 0.632. The van der Waals surface area contributed by atoms with Crippen molar-refractivity contribution in [2.24, 2.45) is 5.92 Å². The second kappa shape index (κ2) is 10.1. The predicted octanol–water partition coefficient (Wildman–Crippen LogP) is 1.95. The number of nitrogens with one attached hydrogen (secondary N) is 1. The zero-order valence-corrected chi connectivity index (χ0v) is 17.2. The Morgan fingerprint density at radius 2 is 2.15 bits per heavy atom. The first-order valence-electron chi connectivity index (χ1n) is 9.40. The standard InChI is InChI=1S/C19H30N2O5S/c1-4-26-18-9-8-17(13-15(18)2)27(23,24)21-11-5-7-16(14-21)19(22)20-10-6-12-25-3/h8-9,13,16H,4-7,10-12,14H2,1-3H3,(H,20,22)/t16-/m1/s1. The molecule has 1 N–H and O–H groups in total. The van der Waals surface area contributed by atoms with Gasteiger partial charge >= 0.3 is 0 Å². The van der Waals surface area contributed by atoms with Crippen LogP contribution in [0.1, 0.15) is 31.7 Å². The number of sulfonamides is 1. The first-order valence-corrected chi connectivity index (χ1v) is 10.8. The SMILES string of the molecule is CCOc1ccc(S(=O)(=O)N2CCC[C@@H](C(=O)NCCCOC)C2)cc1C. The van der Waals surface area contributed by atoms with E-state index < -0.39 is 10.0 Å². The summed E-state index contributed by atoms with van der Waals surface area (Å²) in [5.41, 5.74) is 0.780. The fourth-order valence-electron chi connectivity index (χ4n) is 3.20. The highest BCUT2D eigenvalue weighted by Gasteiger charge is 2.33. The third kappa shape index (κ3) is 5.67. The fourth-order valence-corrected chi connectivity index (χ4v) is 4.81. The maximum absolute atomic E-state index is 13.0. The molecular weight excluding hydrogens is 368 g/mol. The van der Waals surface area contributed by atoms with Crippen LogP contribution in [0.25, 0.3) is 0 Å². The number of benzene rings is 1. The van der Waals surface area contributed by atoms with E-state index in [2.05, 4.69) is 5.32 Å². The third-order valence-electron chi connectivity index (χ3n) is 4.66. The molecule has 8 heteroatoms. The lowest BCUT2D eigenvalue weighted by atomic mass is 9.99. The van der Waals surface area contributed by atoms with Gasteiger partial charge in [-0.2, -0.15) is 4.31 Å². The van der Waals surface area contributed by atoms with Crippen molar-refractivity contribution in [2.45, 2.75) is 38.0 Å². The summed E-state index contributed by atoms with van der Waals surface area (Å²) in [6, 6.07) is 4.90. The molecule has 1 saturated heterocycles. The molecule has 0 spiro atoms. The number of piperidine rings is 1. The summed E-state index contributed by atoms with van der Waals surface area (Å²) in [5.74, 6) is 0.275. The highest BCUT2D eigenvalue weighted by atomic mass is 32.2. The average molecular weight is 399 g/mol. The van der Waals surface area contributed by atoms with Crippen LogP contribution in [-0.2, 0) is 19.6 Å². The lowest BCUT2D eigenvalue weighted by molar-refractivity contribution is -0.126. The summed E-state index contributed by atoms with van der Waals surface area (Å²) in [5, 5.41) is 2.87. The summed E-state index contributed by atoms with van der Waals surface area (Å²) in [7, 11) is -2.01. The van der Waals surface area contributed by atoms with E-state index in [1.54, 1.807) is 25.3 Å². The van der Waals surface area contributed by atoms with Gasteiger partial charge in [-0.05, 0) is 56.9 Å². The van der Waals surface area contributed by atoms with E-state index in [4.69, 9.17) is 9.47 Å². The van der Waals surface area contributed by atoms with Crippen LogP contribution in [0.5, 0.6) is 5.75 Å². The Labute approximate surface area is 162 Å². The molecular formula is C19H30N2O5S. The quantitative estimate of drug-likeness (QED) is 0.643. The van der Waals surface area contributed by atoms with E-state index in [0.29, 0.717) is 44.9 Å². The Bertz CT molecular complexity index is 736. The topological polar surface area (TPSA) is 84.9 Å². The van der Waals surface area contributed by atoms with Gasteiger partial charge in [0.15, 0.2) is 0 Å². The summed E-state index contributed by atoms with van der Waals surface area (Å²) >= 11 is 0. The number of carbonyl (C=O) groups is 1. The van der Waals surface area contributed by atoms with Crippen molar-refractivity contribution in [2.75, 3.05) is 40.0 Å². The van der Waals surface area contributed by atoms with Crippen molar-refractivity contribution >= 4 is 15.9 Å². The van der Waals surface area contributed by atoms with Gasteiger partial charge < -0.3 is 14.8 Å².